The van der Waals surface area contributed by atoms with Crippen molar-refractivity contribution in [1.82, 2.24) is 20.0 Å². The maximum Gasteiger partial charge on any atom is 0.235 e. The fourth-order valence-corrected chi connectivity index (χ4v) is 3.47. The molecule has 2 atom stereocenters. The number of nitrogens with one attached hydrogen (secondary N) is 2. The van der Waals surface area contributed by atoms with E-state index >= 15 is 0 Å². The molecular weight excluding hydrogens is 318 g/mol. The first-order chi connectivity index (χ1) is 10.9. The molecule has 2 aliphatic rings. The molecule has 0 unspecified atom stereocenters. The molecule has 0 spiro atoms. The van der Waals surface area contributed by atoms with Gasteiger partial charge in [0.25, 0.3) is 0 Å². The Hall–Kier alpha value is -1.74. The Morgan fingerprint density at radius 2 is 2.13 bits per heavy atom. The predicted octanol–water partition coefficient (Wildman–Crippen LogP) is -0.643. The first-order valence-corrected chi connectivity index (χ1v) is 9.56. The third kappa shape index (κ3) is 4.38. The number of rotatable bonds is 6. The highest BCUT2D eigenvalue weighted by molar-refractivity contribution is 7.88. The van der Waals surface area contributed by atoms with E-state index in [9.17, 15) is 13.2 Å². The van der Waals surface area contributed by atoms with Crippen LogP contribution < -0.4 is 14.9 Å². The molecule has 1 saturated heterocycles. The van der Waals surface area contributed by atoms with Crippen molar-refractivity contribution in [3.05, 3.63) is 18.6 Å². The SMILES string of the molecule is CS(=O)(=O)NCC(=O)N[C@H]1CN(c2cnccn2)C[C@@H]1C1CC1. The van der Waals surface area contributed by atoms with Gasteiger partial charge >= 0.3 is 0 Å². The van der Waals surface area contributed by atoms with E-state index in [1.165, 1.54) is 12.8 Å². The van der Waals surface area contributed by atoms with Crippen LogP contribution in [0.25, 0.3) is 0 Å². The summed E-state index contributed by atoms with van der Waals surface area (Å²) in [5.74, 6) is 1.51. The Kier molecular flexibility index (Phi) is 4.49. The van der Waals surface area contributed by atoms with E-state index in [0.717, 1.165) is 18.6 Å². The fourth-order valence-electron chi connectivity index (χ4n) is 3.08. The zero-order valence-corrected chi connectivity index (χ0v) is 13.8. The number of sulfonamides is 1. The smallest absolute Gasteiger partial charge is 0.235 e. The number of hydrogen-bond acceptors (Lipinski definition) is 6. The van der Waals surface area contributed by atoms with Crippen LogP contribution in [-0.4, -0.2) is 56.2 Å². The van der Waals surface area contributed by atoms with Crippen molar-refractivity contribution in [1.29, 1.82) is 0 Å². The summed E-state index contributed by atoms with van der Waals surface area (Å²) in [7, 11) is -3.36. The first kappa shape index (κ1) is 16.1. The average molecular weight is 339 g/mol. The minimum Gasteiger partial charge on any atom is -0.353 e. The van der Waals surface area contributed by atoms with E-state index in [0.29, 0.717) is 18.4 Å². The van der Waals surface area contributed by atoms with Gasteiger partial charge in [-0.25, -0.2) is 18.1 Å². The lowest BCUT2D eigenvalue weighted by molar-refractivity contribution is -0.120. The lowest BCUT2D eigenvalue weighted by Crippen LogP contribution is -2.45. The molecule has 0 aromatic carbocycles. The number of amides is 1. The van der Waals surface area contributed by atoms with Gasteiger partial charge in [-0.15, -0.1) is 0 Å². The summed E-state index contributed by atoms with van der Waals surface area (Å²) < 4.78 is 24.4. The topological polar surface area (TPSA) is 104 Å². The molecule has 9 heteroatoms. The summed E-state index contributed by atoms with van der Waals surface area (Å²) >= 11 is 0. The van der Waals surface area contributed by atoms with E-state index in [1.807, 2.05) is 0 Å². The summed E-state index contributed by atoms with van der Waals surface area (Å²) in [4.78, 5) is 22.5. The quantitative estimate of drug-likeness (QED) is 0.714. The normalized spacial score (nSPS) is 24.7. The lowest BCUT2D eigenvalue weighted by Gasteiger charge is -2.19. The molecule has 3 rings (SSSR count). The van der Waals surface area contributed by atoms with Gasteiger partial charge < -0.3 is 10.2 Å². The van der Waals surface area contributed by atoms with Gasteiger partial charge in [-0.3, -0.25) is 9.78 Å². The van der Waals surface area contributed by atoms with Crippen molar-refractivity contribution < 1.29 is 13.2 Å². The van der Waals surface area contributed by atoms with Crippen LogP contribution in [0, 0.1) is 11.8 Å². The highest BCUT2D eigenvalue weighted by Gasteiger charge is 2.43. The van der Waals surface area contributed by atoms with Crippen LogP contribution in [0.4, 0.5) is 5.82 Å². The van der Waals surface area contributed by atoms with Crippen LogP contribution in [0.2, 0.25) is 0 Å². The molecule has 1 aliphatic heterocycles. The fraction of sp³-hybridized carbons (Fsp3) is 0.643. The Bertz CT molecular complexity index is 662. The molecule has 1 aromatic heterocycles. The van der Waals surface area contributed by atoms with Crippen LogP contribution in [-0.2, 0) is 14.8 Å². The number of carbonyl (C=O) groups excluding carboxylic acids is 1. The van der Waals surface area contributed by atoms with Gasteiger partial charge in [-0.2, -0.15) is 0 Å². The van der Waals surface area contributed by atoms with Crippen molar-refractivity contribution in [3.8, 4) is 0 Å². The Labute approximate surface area is 135 Å². The maximum atomic E-state index is 12.0. The predicted molar refractivity (Wildman–Crippen MR) is 85.2 cm³/mol. The van der Waals surface area contributed by atoms with Gasteiger partial charge in [0.15, 0.2) is 0 Å². The molecule has 1 saturated carbocycles. The summed E-state index contributed by atoms with van der Waals surface area (Å²) in [5, 5.41) is 2.97. The standard InChI is InChI=1S/C14H21N5O3S/c1-23(21,22)17-7-14(20)18-12-9-19(8-11(12)10-2-3-10)13-6-15-4-5-16-13/h4-6,10-12,17H,2-3,7-9H2,1H3,(H,18,20)/t11-,12+/m1/s1. The first-order valence-electron chi connectivity index (χ1n) is 7.67. The molecule has 1 amide bonds. The second-order valence-corrected chi connectivity index (χ2v) is 8.07. The molecule has 2 N–H and O–H groups in total. The molecule has 8 nitrogen and oxygen atoms in total. The molecule has 2 fully saturated rings. The Morgan fingerprint density at radius 1 is 1.35 bits per heavy atom. The number of nitrogens with zero attached hydrogens (tertiary/aromatic N) is 3. The molecule has 126 valence electrons. The second kappa shape index (κ2) is 6.40. The minimum absolute atomic E-state index is 0.0124. The zero-order valence-electron chi connectivity index (χ0n) is 13.0. The van der Waals surface area contributed by atoms with Crippen LogP contribution in [0.1, 0.15) is 12.8 Å². The van der Waals surface area contributed by atoms with Crippen LogP contribution in [0.3, 0.4) is 0 Å². The van der Waals surface area contributed by atoms with Gasteiger partial charge in [0.1, 0.15) is 5.82 Å². The maximum absolute atomic E-state index is 12.0. The Balaban J connectivity index is 1.62. The van der Waals surface area contributed by atoms with Crippen molar-refractivity contribution >= 4 is 21.7 Å². The minimum atomic E-state index is -3.36. The average Bonchev–Trinajstić information content (AvgIpc) is 3.27. The van der Waals surface area contributed by atoms with Crippen molar-refractivity contribution in [2.45, 2.75) is 18.9 Å². The van der Waals surface area contributed by atoms with E-state index in [-0.39, 0.29) is 18.5 Å². The molecule has 23 heavy (non-hydrogen) atoms. The highest BCUT2D eigenvalue weighted by atomic mass is 32.2. The molecule has 0 radical (unpaired) electrons. The Morgan fingerprint density at radius 3 is 2.74 bits per heavy atom. The van der Waals surface area contributed by atoms with Crippen molar-refractivity contribution in [2.75, 3.05) is 30.8 Å². The summed E-state index contributed by atoms with van der Waals surface area (Å²) in [6, 6.07) is 0.0124. The van der Waals surface area contributed by atoms with E-state index in [2.05, 4.69) is 24.9 Å². The molecular formula is C14H21N5O3S. The summed E-state index contributed by atoms with van der Waals surface area (Å²) in [6.45, 7) is 1.29. The number of carbonyl (C=O) groups is 1. The zero-order chi connectivity index (χ0) is 16.4. The third-order valence-electron chi connectivity index (χ3n) is 4.31. The van der Waals surface area contributed by atoms with Gasteiger partial charge in [-0.05, 0) is 18.8 Å². The summed E-state index contributed by atoms with van der Waals surface area (Å²) in [5.41, 5.74) is 0. The summed E-state index contributed by atoms with van der Waals surface area (Å²) in [6.07, 6.45) is 8.43. The number of anilines is 1. The molecule has 2 heterocycles. The van der Waals surface area contributed by atoms with Crippen LogP contribution in [0.5, 0.6) is 0 Å². The van der Waals surface area contributed by atoms with Gasteiger partial charge in [0.05, 0.1) is 25.0 Å². The van der Waals surface area contributed by atoms with Gasteiger partial charge in [-0.1, -0.05) is 0 Å². The van der Waals surface area contributed by atoms with Gasteiger partial charge in [0.2, 0.25) is 15.9 Å². The monoisotopic (exact) mass is 339 g/mol. The van der Waals surface area contributed by atoms with E-state index in [4.69, 9.17) is 0 Å². The third-order valence-corrected chi connectivity index (χ3v) is 4.98. The lowest BCUT2D eigenvalue weighted by atomic mass is 9.98. The van der Waals surface area contributed by atoms with Crippen LogP contribution >= 0.6 is 0 Å². The van der Waals surface area contributed by atoms with Crippen LogP contribution in [0.15, 0.2) is 18.6 Å². The largest absolute Gasteiger partial charge is 0.353 e. The highest BCUT2D eigenvalue weighted by Crippen LogP contribution is 2.42. The molecule has 1 aromatic rings. The van der Waals surface area contributed by atoms with Crippen molar-refractivity contribution in [3.63, 3.8) is 0 Å². The number of hydrogen-bond donors (Lipinski definition) is 2. The van der Waals surface area contributed by atoms with Gasteiger partial charge in [0, 0.05) is 31.4 Å². The van der Waals surface area contributed by atoms with Crippen molar-refractivity contribution in [2.24, 2.45) is 11.8 Å². The number of aromatic nitrogens is 2. The van der Waals surface area contributed by atoms with E-state index < -0.39 is 10.0 Å². The second-order valence-electron chi connectivity index (χ2n) is 6.24. The molecule has 1 aliphatic carbocycles. The van der Waals surface area contributed by atoms with E-state index in [1.54, 1.807) is 18.6 Å². The molecule has 0 bridgehead atoms.